The molecule has 2 rings (SSSR count). The molecule has 0 saturated carbocycles. The average Bonchev–Trinajstić information content (AvgIpc) is 2.97. The number of carbonyl (C=O) groups is 3. The van der Waals surface area contributed by atoms with Crippen LogP contribution in [0, 0.1) is 0 Å². The molecule has 4 N–H and O–H groups in total. The molecule has 1 unspecified atom stereocenters. The minimum Gasteiger partial charge on any atom is -0.323 e. The Morgan fingerprint density at radius 2 is 2.25 bits per heavy atom. The maximum atomic E-state index is 12.3. The third-order valence-electron chi connectivity index (χ3n) is 3.46. The fourth-order valence-electron chi connectivity index (χ4n) is 2.03. The molecule has 8 heteroatoms. The second-order valence-corrected chi connectivity index (χ2v) is 5.67. The zero-order valence-corrected chi connectivity index (χ0v) is 12.0. The van der Waals surface area contributed by atoms with Gasteiger partial charge in [0.1, 0.15) is 5.54 Å². The number of imide groups is 1. The number of hydrogen-bond acceptors (Lipinski definition) is 5. The number of nitrogens with zero attached hydrogens (tertiary/aromatic N) is 1. The van der Waals surface area contributed by atoms with Gasteiger partial charge in [-0.15, -0.1) is 11.3 Å². The highest BCUT2D eigenvalue weighted by atomic mass is 32.1. The molecule has 7 nitrogen and oxygen atoms in total. The van der Waals surface area contributed by atoms with Gasteiger partial charge < -0.3 is 5.32 Å². The van der Waals surface area contributed by atoms with E-state index in [1.165, 1.54) is 11.3 Å². The molecule has 0 aromatic carbocycles. The monoisotopic (exact) mass is 296 g/mol. The van der Waals surface area contributed by atoms with Crippen LogP contribution in [0.2, 0.25) is 0 Å². The Kier molecular flexibility index (Phi) is 3.78. The number of hydrazine groups is 1. The van der Waals surface area contributed by atoms with Gasteiger partial charge >= 0.3 is 6.03 Å². The second-order valence-electron chi connectivity index (χ2n) is 4.76. The van der Waals surface area contributed by atoms with Gasteiger partial charge in [-0.2, -0.15) is 0 Å². The van der Waals surface area contributed by atoms with Crippen LogP contribution in [0.1, 0.15) is 35.5 Å². The summed E-state index contributed by atoms with van der Waals surface area (Å²) in [5.41, 5.74) is 1.78. The number of rotatable bonds is 4. The number of amides is 4. The smallest absolute Gasteiger partial charge is 0.323 e. The van der Waals surface area contributed by atoms with Gasteiger partial charge in [-0.3, -0.25) is 19.9 Å². The van der Waals surface area contributed by atoms with E-state index in [4.69, 9.17) is 5.84 Å². The highest BCUT2D eigenvalue weighted by Gasteiger charge is 2.46. The third kappa shape index (κ3) is 2.27. The van der Waals surface area contributed by atoms with E-state index in [0.717, 1.165) is 4.90 Å². The lowest BCUT2D eigenvalue weighted by molar-refractivity contribution is -0.131. The van der Waals surface area contributed by atoms with Gasteiger partial charge in [0.05, 0.1) is 11.4 Å². The molecule has 1 aliphatic heterocycles. The highest BCUT2D eigenvalue weighted by Crippen LogP contribution is 2.25. The fraction of sp³-hybridized carbons (Fsp3) is 0.417. The number of thiophene rings is 1. The van der Waals surface area contributed by atoms with Crippen LogP contribution >= 0.6 is 11.3 Å². The fourth-order valence-corrected chi connectivity index (χ4v) is 2.84. The molecule has 0 spiro atoms. The zero-order valence-electron chi connectivity index (χ0n) is 11.2. The van der Waals surface area contributed by atoms with Crippen LogP contribution in [0.5, 0.6) is 0 Å². The summed E-state index contributed by atoms with van der Waals surface area (Å²) in [6.07, 6.45) is 0.508. The molecule has 1 fully saturated rings. The van der Waals surface area contributed by atoms with E-state index in [2.05, 4.69) is 10.7 Å². The number of carbonyl (C=O) groups excluding carboxylic acids is 3. The predicted molar refractivity (Wildman–Crippen MR) is 73.8 cm³/mol. The van der Waals surface area contributed by atoms with Crippen molar-refractivity contribution in [2.75, 3.05) is 0 Å². The molecule has 0 radical (unpaired) electrons. The van der Waals surface area contributed by atoms with E-state index < -0.39 is 17.5 Å². The van der Waals surface area contributed by atoms with Gasteiger partial charge in [-0.05, 0) is 30.4 Å². The number of urea groups is 1. The number of nitrogen functional groups attached to an aromatic ring is 1. The Morgan fingerprint density at radius 1 is 1.55 bits per heavy atom. The topological polar surface area (TPSA) is 105 Å². The summed E-state index contributed by atoms with van der Waals surface area (Å²) in [4.78, 5) is 37.3. The lowest BCUT2D eigenvalue weighted by atomic mass is 9.99. The zero-order chi connectivity index (χ0) is 14.9. The average molecular weight is 296 g/mol. The van der Waals surface area contributed by atoms with Crippen molar-refractivity contribution in [1.82, 2.24) is 15.6 Å². The Balaban J connectivity index is 2.23. The van der Waals surface area contributed by atoms with Gasteiger partial charge in [-0.1, -0.05) is 6.92 Å². The molecule has 1 aromatic rings. The molecule has 20 heavy (non-hydrogen) atoms. The largest absolute Gasteiger partial charge is 0.325 e. The molecule has 1 aliphatic rings. The Hall–Kier alpha value is -1.93. The molecular formula is C12H16N4O3S. The van der Waals surface area contributed by atoms with Gasteiger partial charge in [0.15, 0.2) is 0 Å². The lowest BCUT2D eigenvalue weighted by Crippen LogP contribution is -2.43. The van der Waals surface area contributed by atoms with Gasteiger partial charge in [0, 0.05) is 0 Å². The van der Waals surface area contributed by atoms with Gasteiger partial charge in [0.25, 0.3) is 11.8 Å². The lowest BCUT2D eigenvalue weighted by Gasteiger charge is -2.19. The van der Waals surface area contributed by atoms with Crippen LogP contribution in [0.25, 0.3) is 0 Å². The molecule has 0 bridgehead atoms. The molecule has 1 saturated heterocycles. The summed E-state index contributed by atoms with van der Waals surface area (Å²) in [5.74, 6) is 4.39. The van der Waals surface area contributed by atoms with E-state index in [9.17, 15) is 14.4 Å². The third-order valence-corrected chi connectivity index (χ3v) is 4.42. The molecular weight excluding hydrogens is 280 g/mol. The number of hydrogen-bond donors (Lipinski definition) is 3. The Bertz CT molecular complexity index is 571. The van der Waals surface area contributed by atoms with E-state index in [1.54, 1.807) is 18.4 Å². The van der Waals surface area contributed by atoms with Gasteiger partial charge in [-0.25, -0.2) is 10.6 Å². The number of nitrogens with one attached hydrogen (secondary N) is 2. The normalized spacial score (nSPS) is 22.1. The van der Waals surface area contributed by atoms with Crippen molar-refractivity contribution < 1.29 is 14.4 Å². The van der Waals surface area contributed by atoms with Crippen molar-refractivity contribution in [3.63, 3.8) is 0 Å². The quantitative estimate of drug-likeness (QED) is 0.327. The summed E-state index contributed by atoms with van der Waals surface area (Å²) < 4.78 is 0. The van der Waals surface area contributed by atoms with Crippen molar-refractivity contribution in [3.05, 3.63) is 21.9 Å². The minimum atomic E-state index is -0.872. The first-order chi connectivity index (χ1) is 9.42. The SMILES string of the molecule is CCC1(C)NC(=O)N(Cc2ccsc2C(=O)NN)C1=O. The van der Waals surface area contributed by atoms with E-state index in [0.29, 0.717) is 16.9 Å². The maximum absolute atomic E-state index is 12.3. The maximum Gasteiger partial charge on any atom is 0.325 e. The van der Waals surface area contributed by atoms with Crippen LogP contribution in [-0.2, 0) is 11.3 Å². The van der Waals surface area contributed by atoms with Gasteiger partial charge in [0.2, 0.25) is 0 Å². The standard InChI is InChI=1S/C12H16N4O3S/c1-3-12(2)10(18)16(11(19)14-12)6-7-4-5-20-8(7)9(17)15-13/h4-5H,3,6,13H2,1-2H3,(H,14,19)(H,15,17). The van der Waals surface area contributed by atoms with Crippen LogP contribution < -0.4 is 16.6 Å². The molecule has 108 valence electrons. The molecule has 2 heterocycles. The van der Waals surface area contributed by atoms with Crippen molar-refractivity contribution in [1.29, 1.82) is 0 Å². The highest BCUT2D eigenvalue weighted by molar-refractivity contribution is 7.12. The minimum absolute atomic E-state index is 0.0620. The summed E-state index contributed by atoms with van der Waals surface area (Å²) >= 11 is 1.21. The van der Waals surface area contributed by atoms with Crippen LogP contribution in [-0.4, -0.2) is 28.3 Å². The second kappa shape index (κ2) is 5.22. The van der Waals surface area contributed by atoms with Crippen LogP contribution in [0.3, 0.4) is 0 Å². The summed E-state index contributed by atoms with van der Waals surface area (Å²) in [5, 5.41) is 4.39. The first-order valence-corrected chi connectivity index (χ1v) is 7.02. The van der Waals surface area contributed by atoms with E-state index in [1.807, 2.05) is 6.92 Å². The summed E-state index contributed by atoms with van der Waals surface area (Å²) in [6, 6.07) is 1.27. The van der Waals surface area contributed by atoms with Crippen LogP contribution in [0.15, 0.2) is 11.4 Å². The van der Waals surface area contributed by atoms with E-state index in [-0.39, 0.29) is 12.5 Å². The molecule has 0 aliphatic carbocycles. The molecule has 1 atom stereocenters. The van der Waals surface area contributed by atoms with Crippen LogP contribution in [0.4, 0.5) is 4.79 Å². The van der Waals surface area contributed by atoms with Crippen molar-refractivity contribution in [2.24, 2.45) is 5.84 Å². The first kappa shape index (κ1) is 14.5. The Labute approximate surface area is 120 Å². The summed E-state index contributed by atoms with van der Waals surface area (Å²) in [7, 11) is 0. The van der Waals surface area contributed by atoms with Crippen molar-refractivity contribution >= 4 is 29.2 Å². The number of nitrogens with two attached hydrogens (primary N) is 1. The molecule has 4 amide bonds. The van der Waals surface area contributed by atoms with Crippen molar-refractivity contribution in [2.45, 2.75) is 32.4 Å². The summed E-state index contributed by atoms with van der Waals surface area (Å²) in [6.45, 7) is 3.58. The Morgan fingerprint density at radius 3 is 2.80 bits per heavy atom. The van der Waals surface area contributed by atoms with E-state index >= 15 is 0 Å². The molecule has 1 aromatic heterocycles. The van der Waals surface area contributed by atoms with Crippen molar-refractivity contribution in [3.8, 4) is 0 Å². The first-order valence-electron chi connectivity index (χ1n) is 6.14. The predicted octanol–water partition coefficient (Wildman–Crippen LogP) is 0.572.